The average Bonchev–Trinajstić information content (AvgIpc) is 3.74. The predicted molar refractivity (Wildman–Crippen MR) is 162 cm³/mol. The van der Waals surface area contributed by atoms with Gasteiger partial charge in [0.1, 0.15) is 0 Å². The van der Waals surface area contributed by atoms with Gasteiger partial charge < -0.3 is 20.1 Å². The number of thiophene rings is 1. The molecule has 0 radical (unpaired) electrons. The summed E-state index contributed by atoms with van der Waals surface area (Å²) in [5, 5.41) is 26.4. The third-order valence-electron chi connectivity index (χ3n) is 7.98. The molecule has 42 heavy (non-hydrogen) atoms. The predicted octanol–water partition coefficient (Wildman–Crippen LogP) is 4.95. The Kier molecular flexibility index (Phi) is 9.19. The summed E-state index contributed by atoms with van der Waals surface area (Å²) in [4.78, 5) is 42.2. The van der Waals surface area contributed by atoms with E-state index in [1.165, 1.54) is 21.4 Å². The number of likely N-dealkylation sites (tertiary alicyclic amines) is 1. The number of piperidine rings is 1. The van der Waals surface area contributed by atoms with Gasteiger partial charge in [-0.3, -0.25) is 14.8 Å². The Balaban J connectivity index is 0.000000390. The van der Waals surface area contributed by atoms with E-state index in [0.717, 1.165) is 80.8 Å². The van der Waals surface area contributed by atoms with E-state index in [1.54, 1.807) is 0 Å². The smallest absolute Gasteiger partial charge is 0.328 e. The number of fused-ring (bicyclic) bond motifs is 5. The molecule has 1 aromatic carbocycles. The fourth-order valence-electron chi connectivity index (χ4n) is 5.89. The van der Waals surface area contributed by atoms with Gasteiger partial charge in [0, 0.05) is 59.2 Å². The molecule has 4 heterocycles. The van der Waals surface area contributed by atoms with Gasteiger partial charge in [-0.1, -0.05) is 13.0 Å². The molecule has 0 bridgehead atoms. The van der Waals surface area contributed by atoms with Crippen LogP contribution in [0.25, 0.3) is 22.3 Å². The van der Waals surface area contributed by atoms with Crippen LogP contribution < -0.4 is 0 Å². The number of H-pyrrole nitrogens is 2. The number of hydrogen-bond acceptors (Lipinski definition) is 6. The van der Waals surface area contributed by atoms with Crippen molar-refractivity contribution in [3.8, 4) is 11.4 Å². The SMILES string of the molecule is CCN(Cc1cccs1)C1CCN(C(=O)c2ccc3[nH]c4c(c3c2)CCCc2cn[nH]c2-4)CC1.O=C(O)C=CC(=O)O. The molecule has 1 aliphatic carbocycles. The minimum Gasteiger partial charge on any atom is -0.478 e. The van der Waals surface area contributed by atoms with Crippen LogP contribution in [0.3, 0.4) is 0 Å². The summed E-state index contributed by atoms with van der Waals surface area (Å²) in [5.41, 5.74) is 6.70. The summed E-state index contributed by atoms with van der Waals surface area (Å²) < 4.78 is 0. The maximum atomic E-state index is 13.4. The zero-order valence-electron chi connectivity index (χ0n) is 23.5. The molecule has 0 spiro atoms. The molecular weight excluding hydrogens is 554 g/mol. The molecule has 4 aromatic rings. The highest BCUT2D eigenvalue weighted by Gasteiger charge is 2.28. The molecule has 1 amide bonds. The summed E-state index contributed by atoms with van der Waals surface area (Å²) in [6.45, 7) is 5.95. The van der Waals surface area contributed by atoms with Crippen LogP contribution in [-0.4, -0.2) is 78.7 Å². The summed E-state index contributed by atoms with van der Waals surface area (Å²) >= 11 is 1.83. The van der Waals surface area contributed by atoms with E-state index in [9.17, 15) is 14.4 Å². The number of aliphatic carboxylic acids is 2. The Morgan fingerprint density at radius 2 is 1.86 bits per heavy atom. The van der Waals surface area contributed by atoms with Crippen molar-refractivity contribution in [1.29, 1.82) is 0 Å². The first-order valence-corrected chi connectivity index (χ1v) is 15.1. The molecule has 3 aromatic heterocycles. The van der Waals surface area contributed by atoms with Crippen LogP contribution in [0.5, 0.6) is 0 Å². The monoisotopic (exact) mass is 589 g/mol. The molecule has 0 atom stereocenters. The highest BCUT2D eigenvalue weighted by Crippen LogP contribution is 2.36. The van der Waals surface area contributed by atoms with Crippen molar-refractivity contribution in [3.05, 3.63) is 75.6 Å². The zero-order valence-corrected chi connectivity index (χ0v) is 24.3. The average molecular weight is 590 g/mol. The fraction of sp³-hybridized carbons (Fsp3) is 0.355. The highest BCUT2D eigenvalue weighted by atomic mass is 32.1. The van der Waals surface area contributed by atoms with E-state index in [2.05, 4.69) is 61.6 Å². The van der Waals surface area contributed by atoms with Crippen LogP contribution in [0.15, 0.2) is 54.1 Å². The summed E-state index contributed by atoms with van der Waals surface area (Å²) in [7, 11) is 0. The maximum absolute atomic E-state index is 13.4. The lowest BCUT2D eigenvalue weighted by Crippen LogP contribution is -2.46. The number of amides is 1. The molecule has 1 fully saturated rings. The first kappa shape index (κ1) is 29.3. The number of nitrogens with one attached hydrogen (secondary N) is 2. The lowest BCUT2D eigenvalue weighted by atomic mass is 10.0. The van der Waals surface area contributed by atoms with Crippen LogP contribution in [-0.2, 0) is 29.0 Å². The van der Waals surface area contributed by atoms with Crippen molar-refractivity contribution in [2.24, 2.45) is 0 Å². The van der Waals surface area contributed by atoms with Crippen molar-refractivity contribution in [2.75, 3.05) is 19.6 Å². The topological polar surface area (TPSA) is 143 Å². The van der Waals surface area contributed by atoms with E-state index in [-0.39, 0.29) is 5.91 Å². The molecule has 0 saturated carbocycles. The number of hydrogen-bond donors (Lipinski definition) is 4. The largest absolute Gasteiger partial charge is 0.478 e. The number of benzene rings is 1. The number of rotatable bonds is 7. The molecule has 6 rings (SSSR count). The van der Waals surface area contributed by atoms with E-state index >= 15 is 0 Å². The Morgan fingerprint density at radius 1 is 1.10 bits per heavy atom. The van der Waals surface area contributed by atoms with Gasteiger partial charge in [-0.15, -0.1) is 11.3 Å². The number of carbonyl (C=O) groups excluding carboxylic acids is 1. The summed E-state index contributed by atoms with van der Waals surface area (Å²) in [5.74, 6) is -2.35. The third kappa shape index (κ3) is 6.63. The molecule has 11 heteroatoms. The lowest BCUT2D eigenvalue weighted by Gasteiger charge is -2.38. The van der Waals surface area contributed by atoms with E-state index in [0.29, 0.717) is 18.2 Å². The van der Waals surface area contributed by atoms with Crippen molar-refractivity contribution >= 4 is 40.1 Å². The maximum Gasteiger partial charge on any atom is 0.328 e. The number of aromatic nitrogens is 3. The second-order valence-corrected chi connectivity index (χ2v) is 11.6. The van der Waals surface area contributed by atoms with Gasteiger partial charge in [-0.2, -0.15) is 5.10 Å². The Bertz CT molecular complexity index is 1560. The standard InChI is InChI=1S/C27H31N5OS.C4H4O4/c1-2-31(17-21-6-4-14-34-21)20-10-12-32(13-11-20)27(33)18-8-9-24-23(15-18)22-7-3-5-19-16-28-30-25(19)26(22)29-24;5-3(6)1-2-4(7)8/h4,6,8-9,14-16,20,29H,2-3,5,7,10-13,17H2,1H3,(H,28,30);1-2H,(H,5,6)(H,7,8). The van der Waals surface area contributed by atoms with E-state index in [1.807, 2.05) is 23.6 Å². The highest BCUT2D eigenvalue weighted by molar-refractivity contribution is 7.09. The van der Waals surface area contributed by atoms with Crippen molar-refractivity contribution in [2.45, 2.75) is 51.6 Å². The number of carboxylic acid groups (broad SMARTS) is 2. The first-order chi connectivity index (χ1) is 20.3. The number of nitrogens with zero attached hydrogens (tertiary/aromatic N) is 3. The van der Waals surface area contributed by atoms with Gasteiger partial charge >= 0.3 is 11.9 Å². The Morgan fingerprint density at radius 3 is 2.52 bits per heavy atom. The van der Waals surface area contributed by atoms with Crippen LogP contribution in [0.1, 0.15) is 52.5 Å². The lowest BCUT2D eigenvalue weighted by molar-refractivity contribution is -0.134. The van der Waals surface area contributed by atoms with Gasteiger partial charge in [0.2, 0.25) is 0 Å². The molecule has 2 aliphatic rings. The van der Waals surface area contributed by atoms with Crippen molar-refractivity contribution in [3.63, 3.8) is 0 Å². The molecule has 10 nitrogen and oxygen atoms in total. The second kappa shape index (κ2) is 13.2. The molecule has 1 aliphatic heterocycles. The van der Waals surface area contributed by atoms with Gasteiger partial charge in [0.15, 0.2) is 0 Å². The molecule has 220 valence electrons. The molecule has 0 unspecified atom stereocenters. The molecule has 4 N–H and O–H groups in total. The summed E-state index contributed by atoms with van der Waals surface area (Å²) in [6, 6.07) is 11.0. The van der Waals surface area contributed by atoms with Gasteiger partial charge in [-0.05, 0) is 79.4 Å². The summed E-state index contributed by atoms with van der Waals surface area (Å²) in [6.07, 6.45) is 8.27. The van der Waals surface area contributed by atoms with Crippen LogP contribution in [0, 0.1) is 0 Å². The normalized spacial score (nSPS) is 15.2. The van der Waals surface area contributed by atoms with Crippen molar-refractivity contribution < 1.29 is 24.6 Å². The first-order valence-electron chi connectivity index (χ1n) is 14.2. The number of carbonyl (C=O) groups is 3. The molecular formula is C31H35N5O5S. The minimum absolute atomic E-state index is 0.160. The number of carboxylic acids is 2. The second-order valence-electron chi connectivity index (χ2n) is 10.5. The van der Waals surface area contributed by atoms with Crippen LogP contribution in [0.2, 0.25) is 0 Å². The van der Waals surface area contributed by atoms with Gasteiger partial charge in [-0.25, -0.2) is 9.59 Å². The quantitative estimate of drug-likeness (QED) is 0.224. The Hall–Kier alpha value is -4.22. The van der Waals surface area contributed by atoms with Crippen LogP contribution >= 0.6 is 11.3 Å². The third-order valence-corrected chi connectivity index (χ3v) is 8.84. The van der Waals surface area contributed by atoms with Gasteiger partial charge in [0.25, 0.3) is 5.91 Å². The number of aryl methyl sites for hydroxylation is 2. The zero-order chi connectivity index (χ0) is 29.6. The number of aromatic amines is 2. The minimum atomic E-state index is -1.26. The Labute approximate surface area is 247 Å². The van der Waals surface area contributed by atoms with Gasteiger partial charge in [0.05, 0.1) is 17.6 Å². The van der Waals surface area contributed by atoms with Crippen molar-refractivity contribution in [1.82, 2.24) is 25.0 Å². The van der Waals surface area contributed by atoms with E-state index in [4.69, 9.17) is 10.2 Å². The van der Waals surface area contributed by atoms with E-state index < -0.39 is 11.9 Å². The molecule has 1 saturated heterocycles. The fourth-order valence-corrected chi connectivity index (χ4v) is 6.62. The van der Waals surface area contributed by atoms with Crippen LogP contribution in [0.4, 0.5) is 0 Å².